The fraction of sp³-hybridized carbons (Fsp3) is 0.312. The minimum Gasteiger partial charge on any atom is -0.261 e. The van der Waals surface area contributed by atoms with E-state index in [1.807, 2.05) is 0 Å². The Hall–Kier alpha value is -2.41. The number of hydrogen-bond donors (Lipinski definition) is 0. The fourth-order valence-corrected chi connectivity index (χ4v) is 4.61. The Balaban J connectivity index is 1.78. The molecule has 23 heavy (non-hydrogen) atoms. The first-order chi connectivity index (χ1) is 11.3. The maximum absolute atomic E-state index is 4.73. The molecular formula is C16H14N6S. The third kappa shape index (κ3) is 1.96. The number of thiophene rings is 1. The topological polar surface area (TPSA) is 68.9 Å². The molecule has 4 aromatic heterocycles. The molecule has 4 aromatic rings. The van der Waals surface area contributed by atoms with Crippen molar-refractivity contribution in [1.29, 1.82) is 0 Å². The van der Waals surface area contributed by atoms with E-state index in [2.05, 4.69) is 27.0 Å². The van der Waals surface area contributed by atoms with Crippen LogP contribution in [0, 0.1) is 5.92 Å². The van der Waals surface area contributed by atoms with Gasteiger partial charge in [0, 0.05) is 17.3 Å². The molecular weight excluding hydrogens is 308 g/mol. The summed E-state index contributed by atoms with van der Waals surface area (Å²) in [5.74, 6) is 1.34. The molecule has 0 unspecified atom stereocenters. The second-order valence-corrected chi connectivity index (χ2v) is 7.15. The van der Waals surface area contributed by atoms with Crippen molar-refractivity contribution in [3.63, 3.8) is 0 Å². The van der Waals surface area contributed by atoms with Crippen LogP contribution in [0.15, 0.2) is 24.9 Å². The molecule has 0 radical (unpaired) electrons. The molecule has 1 aliphatic rings. The third-order valence-corrected chi connectivity index (χ3v) is 5.59. The summed E-state index contributed by atoms with van der Waals surface area (Å²) in [6.07, 6.45) is 10.2. The first-order valence-electron chi connectivity index (χ1n) is 7.71. The summed E-state index contributed by atoms with van der Waals surface area (Å²) < 4.78 is 1.76. The van der Waals surface area contributed by atoms with Gasteiger partial charge in [-0.2, -0.15) is 0 Å². The third-order valence-electron chi connectivity index (χ3n) is 4.42. The number of fused-ring (bicyclic) bond motifs is 5. The van der Waals surface area contributed by atoms with Crippen LogP contribution < -0.4 is 0 Å². The average molecular weight is 322 g/mol. The number of nitrogens with zero attached hydrogens (tertiary/aromatic N) is 6. The molecule has 1 aliphatic carbocycles. The summed E-state index contributed by atoms with van der Waals surface area (Å²) >= 11 is 1.80. The van der Waals surface area contributed by atoms with Crippen molar-refractivity contribution in [2.24, 2.45) is 5.92 Å². The molecule has 0 saturated carbocycles. The minimum absolute atomic E-state index is 0.594. The molecule has 0 spiro atoms. The molecule has 0 amide bonds. The first-order valence-corrected chi connectivity index (χ1v) is 8.53. The van der Waals surface area contributed by atoms with Gasteiger partial charge in [0.2, 0.25) is 5.82 Å². The van der Waals surface area contributed by atoms with Crippen LogP contribution in [0.4, 0.5) is 0 Å². The summed E-state index contributed by atoms with van der Waals surface area (Å²) in [7, 11) is 0. The zero-order chi connectivity index (χ0) is 15.4. The van der Waals surface area contributed by atoms with Gasteiger partial charge in [-0.1, -0.05) is 6.92 Å². The zero-order valence-electron chi connectivity index (χ0n) is 12.6. The molecule has 0 bridgehead atoms. The number of aromatic nitrogens is 6. The molecule has 0 saturated heterocycles. The van der Waals surface area contributed by atoms with Crippen molar-refractivity contribution >= 4 is 27.2 Å². The van der Waals surface area contributed by atoms with E-state index in [9.17, 15) is 0 Å². The van der Waals surface area contributed by atoms with Crippen LogP contribution >= 0.6 is 11.3 Å². The molecule has 0 aliphatic heterocycles. The van der Waals surface area contributed by atoms with Gasteiger partial charge in [-0.25, -0.2) is 19.5 Å². The summed E-state index contributed by atoms with van der Waals surface area (Å²) in [6.45, 7) is 2.32. The average Bonchev–Trinajstić information content (AvgIpc) is 3.15. The largest absolute Gasteiger partial charge is 0.261 e. The molecule has 0 fully saturated rings. The lowest BCUT2D eigenvalue weighted by molar-refractivity contribution is 0.509. The first kappa shape index (κ1) is 13.1. The van der Waals surface area contributed by atoms with E-state index in [0.717, 1.165) is 29.2 Å². The van der Waals surface area contributed by atoms with Gasteiger partial charge in [0.1, 0.15) is 16.9 Å². The van der Waals surface area contributed by atoms with Gasteiger partial charge in [0.15, 0.2) is 5.65 Å². The molecule has 7 heteroatoms. The van der Waals surface area contributed by atoms with Crippen LogP contribution in [-0.4, -0.2) is 29.5 Å². The van der Waals surface area contributed by atoms with Crippen molar-refractivity contribution in [1.82, 2.24) is 29.5 Å². The smallest absolute Gasteiger partial charge is 0.202 e. The van der Waals surface area contributed by atoms with Crippen molar-refractivity contribution in [2.45, 2.75) is 26.2 Å². The van der Waals surface area contributed by atoms with E-state index in [4.69, 9.17) is 4.98 Å². The van der Waals surface area contributed by atoms with Gasteiger partial charge in [-0.05, 0) is 30.7 Å². The normalized spacial score (nSPS) is 17.7. The highest BCUT2D eigenvalue weighted by molar-refractivity contribution is 7.19. The fourth-order valence-electron chi connectivity index (χ4n) is 3.26. The second-order valence-electron chi connectivity index (χ2n) is 6.07. The van der Waals surface area contributed by atoms with Gasteiger partial charge in [-0.15, -0.1) is 16.4 Å². The lowest BCUT2D eigenvalue weighted by Gasteiger charge is -2.17. The molecule has 6 nitrogen and oxygen atoms in total. The SMILES string of the molecule is C[C@H]1CCc2c(sc3ncn4nc(-c5cnccn5)nc4c23)C1. The minimum atomic E-state index is 0.594. The Morgan fingerprint density at radius 1 is 1.26 bits per heavy atom. The lowest BCUT2D eigenvalue weighted by Crippen LogP contribution is -2.08. The molecule has 0 aromatic carbocycles. The van der Waals surface area contributed by atoms with E-state index in [0.29, 0.717) is 11.5 Å². The predicted octanol–water partition coefficient (Wildman–Crippen LogP) is 2.92. The monoisotopic (exact) mass is 322 g/mol. The summed E-state index contributed by atoms with van der Waals surface area (Å²) in [5.41, 5.74) is 2.98. The maximum Gasteiger partial charge on any atom is 0.202 e. The number of hydrogen-bond acceptors (Lipinski definition) is 6. The number of rotatable bonds is 1. The Morgan fingerprint density at radius 3 is 3.09 bits per heavy atom. The van der Waals surface area contributed by atoms with Gasteiger partial charge < -0.3 is 0 Å². The maximum atomic E-state index is 4.73. The standard InChI is InChI=1S/C16H14N6S/c1-9-2-3-10-12(6-9)23-16-13(10)15-20-14(21-22(15)8-19-16)11-7-17-4-5-18-11/h4-5,7-9H,2-3,6H2,1H3/t9-/m0/s1. The highest BCUT2D eigenvalue weighted by Crippen LogP contribution is 2.38. The van der Waals surface area contributed by atoms with Crippen molar-refractivity contribution in [2.75, 3.05) is 0 Å². The predicted molar refractivity (Wildman–Crippen MR) is 88.4 cm³/mol. The Morgan fingerprint density at radius 2 is 2.22 bits per heavy atom. The van der Waals surface area contributed by atoms with Crippen molar-refractivity contribution in [3.8, 4) is 11.5 Å². The van der Waals surface area contributed by atoms with Gasteiger partial charge in [0.05, 0.1) is 11.6 Å². The summed E-state index contributed by atoms with van der Waals surface area (Å²) in [6, 6.07) is 0. The number of aryl methyl sites for hydroxylation is 1. The van der Waals surface area contributed by atoms with Crippen molar-refractivity contribution < 1.29 is 0 Å². The Bertz CT molecular complexity index is 1020. The van der Waals surface area contributed by atoms with Crippen LogP contribution in [0.1, 0.15) is 23.8 Å². The molecule has 4 heterocycles. The van der Waals surface area contributed by atoms with Gasteiger partial charge >= 0.3 is 0 Å². The van der Waals surface area contributed by atoms with E-state index in [1.165, 1.54) is 22.2 Å². The van der Waals surface area contributed by atoms with E-state index >= 15 is 0 Å². The van der Waals surface area contributed by atoms with E-state index in [1.54, 1.807) is 40.8 Å². The molecule has 0 N–H and O–H groups in total. The summed E-state index contributed by atoms with van der Waals surface area (Å²) in [4.78, 5) is 20.2. The van der Waals surface area contributed by atoms with E-state index in [-0.39, 0.29) is 0 Å². The summed E-state index contributed by atoms with van der Waals surface area (Å²) in [5, 5.41) is 5.69. The quantitative estimate of drug-likeness (QED) is 0.539. The Kier molecular flexibility index (Phi) is 2.72. The van der Waals surface area contributed by atoms with Crippen LogP contribution in [0.2, 0.25) is 0 Å². The second kappa shape index (κ2) is 4.79. The lowest BCUT2D eigenvalue weighted by atomic mass is 9.89. The van der Waals surface area contributed by atoms with Gasteiger partial charge in [-0.3, -0.25) is 4.98 Å². The van der Waals surface area contributed by atoms with Crippen LogP contribution in [-0.2, 0) is 12.8 Å². The Labute approximate surface area is 136 Å². The van der Waals surface area contributed by atoms with Gasteiger partial charge in [0.25, 0.3) is 0 Å². The zero-order valence-corrected chi connectivity index (χ0v) is 13.4. The highest BCUT2D eigenvalue weighted by atomic mass is 32.1. The van der Waals surface area contributed by atoms with Crippen LogP contribution in [0.3, 0.4) is 0 Å². The van der Waals surface area contributed by atoms with Crippen molar-refractivity contribution in [3.05, 3.63) is 35.4 Å². The van der Waals surface area contributed by atoms with E-state index < -0.39 is 0 Å². The van der Waals surface area contributed by atoms with Crippen LogP contribution in [0.5, 0.6) is 0 Å². The van der Waals surface area contributed by atoms with Crippen LogP contribution in [0.25, 0.3) is 27.4 Å². The molecule has 114 valence electrons. The molecule has 5 rings (SSSR count). The molecule has 1 atom stereocenters. The highest BCUT2D eigenvalue weighted by Gasteiger charge is 2.23.